The molecule has 20 heavy (non-hydrogen) atoms. The Morgan fingerprint density at radius 3 is 1.85 bits per heavy atom. The Labute approximate surface area is 120 Å². The van der Waals surface area contributed by atoms with Gasteiger partial charge in [-0.25, -0.2) is 0 Å². The predicted octanol–water partition coefficient (Wildman–Crippen LogP) is 0.424. The molecule has 5 atom stereocenters. The van der Waals surface area contributed by atoms with Crippen molar-refractivity contribution in [1.29, 1.82) is 0 Å². The molecule has 0 aromatic rings. The molecule has 1 rings (SSSR count). The van der Waals surface area contributed by atoms with Crippen LogP contribution in [0.1, 0.15) is 41.5 Å². The Bertz CT molecular complexity index is 304. The molecule has 6 nitrogen and oxygen atoms in total. The second kappa shape index (κ2) is 6.25. The molecule has 0 aliphatic carbocycles. The molecule has 1 saturated heterocycles. The van der Waals surface area contributed by atoms with Gasteiger partial charge in [0.15, 0.2) is 6.29 Å². The van der Waals surface area contributed by atoms with E-state index in [1.807, 2.05) is 41.5 Å². The average Bonchev–Trinajstić information content (AvgIpc) is 2.25. The van der Waals surface area contributed by atoms with Crippen molar-refractivity contribution in [3.63, 3.8) is 0 Å². The quantitative estimate of drug-likeness (QED) is 0.699. The van der Waals surface area contributed by atoms with Crippen molar-refractivity contribution in [1.82, 2.24) is 0 Å². The molecule has 1 fully saturated rings. The van der Waals surface area contributed by atoms with Crippen LogP contribution < -0.4 is 0 Å². The highest BCUT2D eigenvalue weighted by atomic mass is 16.7. The van der Waals surface area contributed by atoms with Gasteiger partial charge in [-0.2, -0.15) is 0 Å². The monoisotopic (exact) mass is 292 g/mol. The molecule has 0 spiro atoms. The molecule has 3 N–H and O–H groups in total. The minimum absolute atomic E-state index is 0.110. The van der Waals surface area contributed by atoms with E-state index < -0.39 is 36.3 Å². The molecule has 0 radical (unpaired) electrons. The summed E-state index contributed by atoms with van der Waals surface area (Å²) in [5, 5.41) is 29.8. The molecule has 0 bridgehead atoms. The number of hydrogen-bond acceptors (Lipinski definition) is 6. The van der Waals surface area contributed by atoms with Gasteiger partial charge in [0.1, 0.15) is 24.4 Å². The summed E-state index contributed by atoms with van der Waals surface area (Å²) in [7, 11) is 0. The molecule has 5 unspecified atom stereocenters. The minimum Gasteiger partial charge on any atom is -0.387 e. The van der Waals surface area contributed by atoms with E-state index >= 15 is 0 Å². The van der Waals surface area contributed by atoms with Gasteiger partial charge in [0, 0.05) is 0 Å². The van der Waals surface area contributed by atoms with E-state index in [1.54, 1.807) is 0 Å². The Hall–Kier alpha value is -0.240. The van der Waals surface area contributed by atoms with Gasteiger partial charge in [-0.15, -0.1) is 0 Å². The number of hydrogen-bond donors (Lipinski definition) is 3. The summed E-state index contributed by atoms with van der Waals surface area (Å²) >= 11 is 0. The topological polar surface area (TPSA) is 88.4 Å². The molecule has 0 saturated carbocycles. The largest absolute Gasteiger partial charge is 0.387 e. The van der Waals surface area contributed by atoms with Gasteiger partial charge in [-0.1, -0.05) is 0 Å². The molecule has 0 aromatic carbocycles. The SMILES string of the molecule is CC(C)(C)OCC1OC(OC(C)(C)C)C(O)C(O)C1O. The van der Waals surface area contributed by atoms with Gasteiger partial charge in [0.2, 0.25) is 0 Å². The van der Waals surface area contributed by atoms with Crippen LogP contribution in [0, 0.1) is 0 Å². The van der Waals surface area contributed by atoms with E-state index in [9.17, 15) is 15.3 Å². The van der Waals surface area contributed by atoms with Crippen molar-refractivity contribution in [2.75, 3.05) is 6.61 Å². The summed E-state index contributed by atoms with van der Waals surface area (Å²) in [6, 6.07) is 0. The maximum Gasteiger partial charge on any atom is 0.187 e. The van der Waals surface area contributed by atoms with Crippen LogP contribution in [-0.4, -0.2) is 63.8 Å². The number of rotatable bonds is 3. The Kier molecular flexibility index (Phi) is 5.57. The lowest BCUT2D eigenvalue weighted by Gasteiger charge is -2.42. The highest BCUT2D eigenvalue weighted by molar-refractivity contribution is 4.90. The van der Waals surface area contributed by atoms with Gasteiger partial charge in [0.25, 0.3) is 0 Å². The highest BCUT2D eigenvalue weighted by Gasteiger charge is 2.45. The molecule has 1 heterocycles. The normalized spacial score (nSPS) is 36.1. The predicted molar refractivity (Wildman–Crippen MR) is 73.2 cm³/mol. The van der Waals surface area contributed by atoms with Crippen molar-refractivity contribution in [2.24, 2.45) is 0 Å². The fourth-order valence-electron chi connectivity index (χ4n) is 1.83. The fourth-order valence-corrected chi connectivity index (χ4v) is 1.83. The summed E-state index contributed by atoms with van der Waals surface area (Å²) < 4.78 is 16.7. The van der Waals surface area contributed by atoms with Gasteiger partial charge in [-0.05, 0) is 41.5 Å². The third-order valence-corrected chi connectivity index (χ3v) is 2.82. The Morgan fingerprint density at radius 2 is 1.40 bits per heavy atom. The summed E-state index contributed by atoms with van der Waals surface area (Å²) in [6.45, 7) is 11.2. The fraction of sp³-hybridized carbons (Fsp3) is 1.00. The lowest BCUT2D eigenvalue weighted by molar-refractivity contribution is -0.324. The zero-order chi connectivity index (χ0) is 15.7. The van der Waals surface area contributed by atoms with Crippen LogP contribution in [0.25, 0.3) is 0 Å². The maximum atomic E-state index is 9.95. The van der Waals surface area contributed by atoms with E-state index in [2.05, 4.69) is 0 Å². The first-order chi connectivity index (χ1) is 8.91. The second-order valence-electron chi connectivity index (χ2n) is 7.17. The molecular formula is C14H28O6. The van der Waals surface area contributed by atoms with Gasteiger partial charge < -0.3 is 29.5 Å². The smallest absolute Gasteiger partial charge is 0.187 e. The standard InChI is InChI=1S/C14H28O6/c1-13(2,3)18-7-8-9(15)10(16)11(17)12(19-8)20-14(4,5)6/h8-12,15-17H,7H2,1-6H3. The van der Waals surface area contributed by atoms with E-state index in [0.717, 1.165) is 0 Å². The first kappa shape index (κ1) is 17.8. The van der Waals surface area contributed by atoms with Crippen LogP contribution in [0.15, 0.2) is 0 Å². The molecule has 6 heteroatoms. The maximum absolute atomic E-state index is 9.95. The first-order valence-corrected chi connectivity index (χ1v) is 6.92. The van der Waals surface area contributed by atoms with E-state index in [-0.39, 0.29) is 12.2 Å². The number of ether oxygens (including phenoxy) is 3. The summed E-state index contributed by atoms with van der Waals surface area (Å²) in [4.78, 5) is 0. The molecule has 0 aromatic heterocycles. The van der Waals surface area contributed by atoms with Gasteiger partial charge >= 0.3 is 0 Å². The highest BCUT2D eigenvalue weighted by Crippen LogP contribution is 2.26. The first-order valence-electron chi connectivity index (χ1n) is 6.92. The van der Waals surface area contributed by atoms with Crippen LogP contribution in [-0.2, 0) is 14.2 Å². The molecule has 1 aliphatic heterocycles. The van der Waals surface area contributed by atoms with Crippen molar-refractivity contribution in [3.05, 3.63) is 0 Å². The van der Waals surface area contributed by atoms with Gasteiger partial charge in [0.05, 0.1) is 17.8 Å². The molecule has 1 aliphatic rings. The minimum atomic E-state index is -1.33. The Morgan fingerprint density at radius 1 is 0.850 bits per heavy atom. The van der Waals surface area contributed by atoms with Crippen LogP contribution in [0.3, 0.4) is 0 Å². The lowest BCUT2D eigenvalue weighted by Crippen LogP contribution is -2.60. The zero-order valence-electron chi connectivity index (χ0n) is 13.2. The van der Waals surface area contributed by atoms with Crippen molar-refractivity contribution >= 4 is 0 Å². The third kappa shape index (κ3) is 5.27. The Balaban J connectivity index is 2.71. The van der Waals surface area contributed by atoms with Crippen LogP contribution in [0.2, 0.25) is 0 Å². The zero-order valence-corrected chi connectivity index (χ0v) is 13.2. The van der Waals surface area contributed by atoms with E-state index in [4.69, 9.17) is 14.2 Å². The molecular weight excluding hydrogens is 264 g/mol. The van der Waals surface area contributed by atoms with Crippen LogP contribution in [0.5, 0.6) is 0 Å². The summed E-state index contributed by atoms with van der Waals surface area (Å²) in [5.41, 5.74) is -0.923. The number of aliphatic hydroxyl groups is 3. The van der Waals surface area contributed by atoms with Crippen molar-refractivity contribution < 1.29 is 29.5 Å². The van der Waals surface area contributed by atoms with E-state index in [1.165, 1.54) is 0 Å². The molecule has 120 valence electrons. The molecule has 0 amide bonds. The van der Waals surface area contributed by atoms with Crippen molar-refractivity contribution in [2.45, 2.75) is 83.5 Å². The number of aliphatic hydroxyl groups excluding tert-OH is 3. The van der Waals surface area contributed by atoms with Crippen LogP contribution >= 0.6 is 0 Å². The van der Waals surface area contributed by atoms with E-state index in [0.29, 0.717) is 0 Å². The second-order valence-corrected chi connectivity index (χ2v) is 7.17. The third-order valence-electron chi connectivity index (χ3n) is 2.82. The van der Waals surface area contributed by atoms with Gasteiger partial charge in [-0.3, -0.25) is 0 Å². The van der Waals surface area contributed by atoms with Crippen LogP contribution in [0.4, 0.5) is 0 Å². The lowest BCUT2D eigenvalue weighted by atomic mass is 9.99. The summed E-state index contributed by atoms with van der Waals surface area (Å²) in [5.74, 6) is 0. The summed E-state index contributed by atoms with van der Waals surface area (Å²) in [6.07, 6.45) is -5.59. The van der Waals surface area contributed by atoms with Crippen molar-refractivity contribution in [3.8, 4) is 0 Å². The average molecular weight is 292 g/mol.